The van der Waals surface area contributed by atoms with Gasteiger partial charge in [0.2, 0.25) is 0 Å². The zero-order chi connectivity index (χ0) is 23.0. The van der Waals surface area contributed by atoms with Crippen LogP contribution in [0.15, 0.2) is 103 Å². The van der Waals surface area contributed by atoms with Gasteiger partial charge in [-0.05, 0) is 84.3 Å². The van der Waals surface area contributed by atoms with Gasteiger partial charge in [-0.2, -0.15) is 0 Å². The maximum Gasteiger partial charge on any atom is 0.255 e. The second-order valence-electron chi connectivity index (χ2n) is 7.63. The van der Waals surface area contributed by atoms with Gasteiger partial charge in [0.1, 0.15) is 5.75 Å². The fourth-order valence-corrected chi connectivity index (χ4v) is 3.35. The molecular weight excluding hydrogens is 406 g/mol. The average molecular weight is 430 g/mol. The summed E-state index contributed by atoms with van der Waals surface area (Å²) in [4.78, 5) is 12.4. The van der Waals surface area contributed by atoms with Gasteiger partial charge in [0.15, 0.2) is 0 Å². The molecule has 160 valence electrons. The second kappa shape index (κ2) is 10.2. The number of allylic oxidation sites excluding steroid dienone is 1. The number of nitrogens with one attached hydrogen (secondary N) is 1. The lowest BCUT2D eigenvalue weighted by molar-refractivity contribution is 0.102. The molecule has 2 N–H and O–H groups in total. The minimum absolute atomic E-state index is 0.156. The Morgan fingerprint density at radius 2 is 1.55 bits per heavy atom. The number of hydrogen-bond acceptors (Lipinski definition) is 2. The molecule has 0 saturated carbocycles. The summed E-state index contributed by atoms with van der Waals surface area (Å²) in [5.41, 5.74) is 6.68. The van der Waals surface area contributed by atoms with Crippen LogP contribution in [0.1, 0.15) is 27.0 Å². The SMILES string of the molecule is Cc1ccc(-c2ccccc2/C=C/C#Cc2ccc(C(=O)Nc3ccc(O)cc3)cc2)cc1. The molecule has 3 heteroatoms. The Balaban J connectivity index is 1.43. The Hall–Kier alpha value is -4.55. The number of hydrogen-bond donors (Lipinski definition) is 2. The molecule has 33 heavy (non-hydrogen) atoms. The molecule has 1 amide bonds. The lowest BCUT2D eigenvalue weighted by Crippen LogP contribution is -2.11. The molecule has 0 aliphatic carbocycles. The van der Waals surface area contributed by atoms with Crippen LogP contribution in [-0.4, -0.2) is 11.0 Å². The molecule has 4 aromatic carbocycles. The molecule has 3 nitrogen and oxygen atoms in total. The number of carbonyl (C=O) groups excluding carboxylic acids is 1. The predicted octanol–water partition coefficient (Wildman–Crippen LogP) is 6.68. The Labute approximate surface area is 194 Å². The molecule has 0 radical (unpaired) electrons. The number of phenols is 1. The van der Waals surface area contributed by atoms with E-state index >= 15 is 0 Å². The minimum atomic E-state index is -0.215. The molecule has 4 aromatic rings. The highest BCUT2D eigenvalue weighted by Crippen LogP contribution is 2.25. The van der Waals surface area contributed by atoms with E-state index in [4.69, 9.17) is 0 Å². The lowest BCUT2D eigenvalue weighted by atomic mass is 9.98. The third kappa shape index (κ3) is 5.78. The van der Waals surface area contributed by atoms with E-state index in [-0.39, 0.29) is 11.7 Å². The van der Waals surface area contributed by atoms with E-state index in [1.54, 1.807) is 24.3 Å². The number of carbonyl (C=O) groups is 1. The highest BCUT2D eigenvalue weighted by Gasteiger charge is 2.06. The highest BCUT2D eigenvalue weighted by molar-refractivity contribution is 6.04. The van der Waals surface area contributed by atoms with Crippen LogP contribution >= 0.6 is 0 Å². The third-order valence-electron chi connectivity index (χ3n) is 5.16. The van der Waals surface area contributed by atoms with E-state index < -0.39 is 0 Å². The third-order valence-corrected chi connectivity index (χ3v) is 5.16. The topological polar surface area (TPSA) is 49.3 Å². The van der Waals surface area contributed by atoms with E-state index in [9.17, 15) is 9.90 Å². The van der Waals surface area contributed by atoms with E-state index in [0.717, 1.165) is 11.1 Å². The summed E-state index contributed by atoms with van der Waals surface area (Å²) < 4.78 is 0. The van der Waals surface area contributed by atoms with Crippen molar-refractivity contribution in [3.63, 3.8) is 0 Å². The maximum atomic E-state index is 12.4. The van der Waals surface area contributed by atoms with Gasteiger partial charge in [-0.25, -0.2) is 0 Å². The number of amides is 1. The first-order chi connectivity index (χ1) is 16.1. The first-order valence-corrected chi connectivity index (χ1v) is 10.6. The molecule has 0 bridgehead atoms. The Kier molecular flexibility index (Phi) is 6.68. The van der Waals surface area contributed by atoms with Crippen molar-refractivity contribution in [1.29, 1.82) is 0 Å². The van der Waals surface area contributed by atoms with Gasteiger partial charge in [-0.3, -0.25) is 4.79 Å². The summed E-state index contributed by atoms with van der Waals surface area (Å²) in [7, 11) is 0. The molecule has 0 aliphatic heterocycles. The van der Waals surface area contributed by atoms with Gasteiger partial charge in [-0.1, -0.05) is 65.9 Å². The predicted molar refractivity (Wildman–Crippen MR) is 135 cm³/mol. The van der Waals surface area contributed by atoms with Crippen LogP contribution in [0.2, 0.25) is 0 Å². The van der Waals surface area contributed by atoms with Crippen molar-refractivity contribution < 1.29 is 9.90 Å². The second-order valence-corrected chi connectivity index (χ2v) is 7.63. The first kappa shape index (κ1) is 21.7. The Bertz CT molecular complexity index is 1340. The summed E-state index contributed by atoms with van der Waals surface area (Å²) in [5, 5.41) is 12.1. The van der Waals surface area contributed by atoms with Crippen molar-refractivity contribution in [3.8, 4) is 28.7 Å². The fourth-order valence-electron chi connectivity index (χ4n) is 3.35. The molecule has 0 aromatic heterocycles. The summed E-state index contributed by atoms with van der Waals surface area (Å²) in [6, 6.07) is 30.2. The standard InChI is InChI=1S/C30H23NO2/c1-22-10-14-25(15-11-22)29-9-5-4-8-24(29)7-3-2-6-23-12-16-26(17-13-23)30(33)31-27-18-20-28(32)21-19-27/h3-5,7-21,32H,1H3,(H,31,33)/b7-3+. The summed E-state index contributed by atoms with van der Waals surface area (Å²) in [6.07, 6.45) is 3.86. The van der Waals surface area contributed by atoms with Crippen LogP contribution in [0, 0.1) is 18.8 Å². The molecular formula is C30H23NO2. The van der Waals surface area contributed by atoms with Crippen LogP contribution in [0.3, 0.4) is 0 Å². The van der Waals surface area contributed by atoms with Crippen LogP contribution < -0.4 is 5.32 Å². The van der Waals surface area contributed by atoms with Gasteiger partial charge in [0.25, 0.3) is 5.91 Å². The van der Waals surface area contributed by atoms with Gasteiger partial charge in [-0.15, -0.1) is 0 Å². The molecule has 4 rings (SSSR count). The number of aryl methyl sites for hydroxylation is 1. The summed E-state index contributed by atoms with van der Waals surface area (Å²) in [6.45, 7) is 2.08. The fraction of sp³-hybridized carbons (Fsp3) is 0.0333. The van der Waals surface area contributed by atoms with Crippen LogP contribution in [0.4, 0.5) is 5.69 Å². The van der Waals surface area contributed by atoms with E-state index in [0.29, 0.717) is 11.3 Å². The van der Waals surface area contributed by atoms with E-state index in [1.165, 1.54) is 28.8 Å². The van der Waals surface area contributed by atoms with Gasteiger partial charge < -0.3 is 10.4 Å². The van der Waals surface area contributed by atoms with Gasteiger partial charge in [0.05, 0.1) is 0 Å². The van der Waals surface area contributed by atoms with Crippen molar-refractivity contribution in [3.05, 3.63) is 125 Å². The van der Waals surface area contributed by atoms with Crippen LogP contribution in [-0.2, 0) is 0 Å². The van der Waals surface area contributed by atoms with Crippen LogP contribution in [0.5, 0.6) is 5.75 Å². The highest BCUT2D eigenvalue weighted by atomic mass is 16.3. The first-order valence-electron chi connectivity index (χ1n) is 10.6. The van der Waals surface area contributed by atoms with Crippen molar-refractivity contribution in [1.82, 2.24) is 0 Å². The van der Waals surface area contributed by atoms with Crippen molar-refractivity contribution >= 4 is 17.7 Å². The number of aromatic hydroxyl groups is 1. The Morgan fingerprint density at radius 1 is 0.848 bits per heavy atom. The number of phenolic OH excluding ortho intramolecular Hbond substituents is 1. The zero-order valence-electron chi connectivity index (χ0n) is 18.2. The monoisotopic (exact) mass is 429 g/mol. The molecule has 0 heterocycles. The van der Waals surface area contributed by atoms with Crippen molar-refractivity contribution in [2.24, 2.45) is 0 Å². The molecule has 0 atom stereocenters. The summed E-state index contributed by atoms with van der Waals surface area (Å²) >= 11 is 0. The maximum absolute atomic E-state index is 12.4. The number of anilines is 1. The van der Waals surface area contributed by atoms with E-state index in [2.05, 4.69) is 60.5 Å². The largest absolute Gasteiger partial charge is 0.508 e. The van der Waals surface area contributed by atoms with E-state index in [1.807, 2.05) is 36.4 Å². The molecule has 0 unspecified atom stereocenters. The smallest absolute Gasteiger partial charge is 0.255 e. The average Bonchev–Trinajstić information content (AvgIpc) is 2.84. The number of benzene rings is 4. The molecule has 0 aliphatic rings. The lowest BCUT2D eigenvalue weighted by Gasteiger charge is -2.06. The zero-order valence-corrected chi connectivity index (χ0v) is 18.2. The van der Waals surface area contributed by atoms with Gasteiger partial charge >= 0.3 is 0 Å². The normalized spacial score (nSPS) is 10.5. The number of rotatable bonds is 4. The van der Waals surface area contributed by atoms with Gasteiger partial charge in [0, 0.05) is 16.8 Å². The van der Waals surface area contributed by atoms with Crippen LogP contribution in [0.25, 0.3) is 17.2 Å². The quantitative estimate of drug-likeness (QED) is 0.281. The summed E-state index contributed by atoms with van der Waals surface area (Å²) in [5.74, 6) is 6.13. The molecule has 0 saturated heterocycles. The molecule has 0 fully saturated rings. The van der Waals surface area contributed by atoms with Crippen molar-refractivity contribution in [2.75, 3.05) is 5.32 Å². The van der Waals surface area contributed by atoms with Crippen molar-refractivity contribution in [2.45, 2.75) is 6.92 Å². The molecule has 0 spiro atoms. The minimum Gasteiger partial charge on any atom is -0.508 e. The Morgan fingerprint density at radius 3 is 2.27 bits per heavy atom.